The predicted octanol–water partition coefficient (Wildman–Crippen LogP) is 3.10. The first kappa shape index (κ1) is 15.8. The maximum absolute atomic E-state index is 13.9. The molecule has 0 radical (unpaired) electrons. The highest BCUT2D eigenvalue weighted by atomic mass is 19.1. The molecule has 3 aromatic rings. The largest absolute Gasteiger partial charge is 0.490 e. The van der Waals surface area contributed by atoms with Crippen molar-refractivity contribution in [2.75, 3.05) is 20.3 Å². The molecule has 4 rings (SSSR count). The molecule has 1 unspecified atom stereocenters. The van der Waals surface area contributed by atoms with Crippen LogP contribution in [0.3, 0.4) is 0 Å². The molecule has 1 aromatic carbocycles. The standard InChI is InChI=1S/C18H18FN3O3/c1-23-18-16(17-20-7-3-8-22(17)21-18)14-10-12(19)5-6-15(14)25-11-13-4-2-9-24-13/h3,5-8,10,13H,2,4,9,11H2,1H3. The summed E-state index contributed by atoms with van der Waals surface area (Å²) in [5, 5.41) is 4.35. The van der Waals surface area contributed by atoms with Gasteiger partial charge in [0.2, 0.25) is 5.88 Å². The topological polar surface area (TPSA) is 57.9 Å². The van der Waals surface area contributed by atoms with Crippen molar-refractivity contribution in [1.82, 2.24) is 14.6 Å². The molecule has 25 heavy (non-hydrogen) atoms. The lowest BCUT2D eigenvalue weighted by molar-refractivity contribution is 0.0681. The van der Waals surface area contributed by atoms with E-state index in [2.05, 4.69) is 10.1 Å². The third-order valence-electron chi connectivity index (χ3n) is 4.22. The van der Waals surface area contributed by atoms with Crippen LogP contribution in [0.25, 0.3) is 16.8 Å². The molecule has 7 heteroatoms. The first-order valence-electron chi connectivity index (χ1n) is 8.18. The first-order chi connectivity index (χ1) is 12.3. The Morgan fingerprint density at radius 1 is 1.40 bits per heavy atom. The zero-order chi connectivity index (χ0) is 17.2. The van der Waals surface area contributed by atoms with E-state index < -0.39 is 0 Å². The molecule has 2 aromatic heterocycles. The Morgan fingerprint density at radius 3 is 3.12 bits per heavy atom. The van der Waals surface area contributed by atoms with Crippen LogP contribution in [0.1, 0.15) is 12.8 Å². The molecule has 1 fully saturated rings. The van der Waals surface area contributed by atoms with Crippen molar-refractivity contribution in [3.63, 3.8) is 0 Å². The van der Waals surface area contributed by atoms with Crippen LogP contribution in [-0.4, -0.2) is 41.0 Å². The van der Waals surface area contributed by atoms with Crippen LogP contribution in [0.5, 0.6) is 11.6 Å². The highest BCUT2D eigenvalue weighted by Gasteiger charge is 2.22. The number of benzene rings is 1. The van der Waals surface area contributed by atoms with E-state index in [1.165, 1.54) is 19.2 Å². The lowest BCUT2D eigenvalue weighted by atomic mass is 10.1. The van der Waals surface area contributed by atoms with E-state index in [1.807, 2.05) is 0 Å². The van der Waals surface area contributed by atoms with Gasteiger partial charge in [-0.15, -0.1) is 5.10 Å². The normalized spacial score (nSPS) is 17.1. The molecule has 0 spiro atoms. The van der Waals surface area contributed by atoms with Crippen molar-refractivity contribution in [3.8, 4) is 22.8 Å². The van der Waals surface area contributed by atoms with Crippen LogP contribution in [0.2, 0.25) is 0 Å². The molecule has 6 nitrogen and oxygen atoms in total. The van der Waals surface area contributed by atoms with Crippen molar-refractivity contribution in [1.29, 1.82) is 0 Å². The van der Waals surface area contributed by atoms with Crippen LogP contribution in [-0.2, 0) is 4.74 Å². The molecule has 130 valence electrons. The second-order valence-corrected chi connectivity index (χ2v) is 5.86. The average molecular weight is 343 g/mol. The van der Waals surface area contributed by atoms with E-state index in [0.717, 1.165) is 19.4 Å². The van der Waals surface area contributed by atoms with Gasteiger partial charge in [-0.3, -0.25) is 0 Å². The molecule has 0 bridgehead atoms. The zero-order valence-electron chi connectivity index (χ0n) is 13.8. The first-order valence-corrected chi connectivity index (χ1v) is 8.18. The molecular weight excluding hydrogens is 325 g/mol. The SMILES string of the molecule is COc1nn2cccnc2c1-c1cc(F)ccc1OCC1CCCO1. The van der Waals surface area contributed by atoms with Crippen LogP contribution < -0.4 is 9.47 Å². The molecule has 1 aliphatic rings. The Kier molecular flexibility index (Phi) is 4.23. The lowest BCUT2D eigenvalue weighted by Crippen LogP contribution is -2.16. The maximum atomic E-state index is 13.9. The van der Waals surface area contributed by atoms with E-state index in [4.69, 9.17) is 14.2 Å². The third kappa shape index (κ3) is 3.02. The van der Waals surface area contributed by atoms with Crippen molar-refractivity contribution in [3.05, 3.63) is 42.5 Å². The van der Waals surface area contributed by atoms with Crippen molar-refractivity contribution < 1.29 is 18.6 Å². The minimum Gasteiger partial charge on any atom is -0.490 e. The molecule has 0 N–H and O–H groups in total. The fraction of sp³-hybridized carbons (Fsp3) is 0.333. The smallest absolute Gasteiger partial charge is 0.243 e. The number of nitrogens with zero attached hydrogens (tertiary/aromatic N) is 3. The monoisotopic (exact) mass is 343 g/mol. The molecule has 1 atom stereocenters. The van der Waals surface area contributed by atoms with Crippen LogP contribution in [0, 0.1) is 5.82 Å². The minimum atomic E-state index is -0.364. The van der Waals surface area contributed by atoms with Crippen molar-refractivity contribution >= 4 is 5.65 Å². The summed E-state index contributed by atoms with van der Waals surface area (Å²) >= 11 is 0. The summed E-state index contributed by atoms with van der Waals surface area (Å²) in [6.07, 6.45) is 5.50. The highest BCUT2D eigenvalue weighted by Crippen LogP contribution is 2.39. The maximum Gasteiger partial charge on any atom is 0.243 e. The highest BCUT2D eigenvalue weighted by molar-refractivity contribution is 5.85. The fourth-order valence-corrected chi connectivity index (χ4v) is 3.03. The van der Waals surface area contributed by atoms with Crippen LogP contribution >= 0.6 is 0 Å². The Bertz CT molecular complexity index is 890. The van der Waals surface area contributed by atoms with Gasteiger partial charge in [-0.1, -0.05) is 0 Å². The molecule has 1 saturated heterocycles. The number of rotatable bonds is 5. The fourth-order valence-electron chi connectivity index (χ4n) is 3.03. The summed E-state index contributed by atoms with van der Waals surface area (Å²) in [6.45, 7) is 1.18. The van der Waals surface area contributed by atoms with Gasteiger partial charge in [0.25, 0.3) is 0 Å². The van der Waals surface area contributed by atoms with Gasteiger partial charge in [-0.05, 0) is 37.1 Å². The molecule has 0 aliphatic carbocycles. The average Bonchev–Trinajstić information content (AvgIpc) is 3.27. The number of ether oxygens (including phenoxy) is 3. The summed E-state index contributed by atoms with van der Waals surface area (Å²) < 4.78 is 32.5. The predicted molar refractivity (Wildman–Crippen MR) is 89.4 cm³/mol. The summed E-state index contributed by atoms with van der Waals surface area (Å²) in [5.74, 6) is 0.554. The molecule has 1 aliphatic heterocycles. The number of fused-ring (bicyclic) bond motifs is 1. The summed E-state index contributed by atoms with van der Waals surface area (Å²) in [7, 11) is 1.53. The molecular formula is C18H18FN3O3. The van der Waals surface area contributed by atoms with Gasteiger partial charge >= 0.3 is 0 Å². The van der Waals surface area contributed by atoms with Gasteiger partial charge in [0.15, 0.2) is 5.65 Å². The van der Waals surface area contributed by atoms with Crippen molar-refractivity contribution in [2.45, 2.75) is 18.9 Å². The van der Waals surface area contributed by atoms with Crippen molar-refractivity contribution in [2.24, 2.45) is 0 Å². The number of hydrogen-bond acceptors (Lipinski definition) is 5. The van der Waals surface area contributed by atoms with E-state index in [0.29, 0.717) is 35.0 Å². The Morgan fingerprint density at radius 2 is 2.32 bits per heavy atom. The molecule has 3 heterocycles. The van der Waals surface area contributed by atoms with E-state index in [1.54, 1.807) is 29.0 Å². The summed E-state index contributed by atoms with van der Waals surface area (Å²) in [6, 6.07) is 6.17. The Hall–Kier alpha value is -2.67. The van der Waals surface area contributed by atoms with E-state index in [9.17, 15) is 4.39 Å². The number of aromatic nitrogens is 3. The number of hydrogen-bond donors (Lipinski definition) is 0. The number of halogens is 1. The third-order valence-corrected chi connectivity index (χ3v) is 4.22. The summed E-state index contributed by atoms with van der Waals surface area (Å²) in [5.41, 5.74) is 1.74. The van der Waals surface area contributed by atoms with Gasteiger partial charge in [0.1, 0.15) is 18.2 Å². The molecule has 0 saturated carbocycles. The van der Waals surface area contributed by atoms with Gasteiger partial charge in [0, 0.05) is 24.6 Å². The molecule has 0 amide bonds. The quantitative estimate of drug-likeness (QED) is 0.712. The Labute approximate surface area is 144 Å². The zero-order valence-corrected chi connectivity index (χ0v) is 13.8. The summed E-state index contributed by atoms with van der Waals surface area (Å²) in [4.78, 5) is 4.35. The van der Waals surface area contributed by atoms with Gasteiger partial charge in [0.05, 0.1) is 18.8 Å². The van der Waals surface area contributed by atoms with Gasteiger partial charge in [-0.2, -0.15) is 0 Å². The van der Waals surface area contributed by atoms with E-state index in [-0.39, 0.29) is 11.9 Å². The van der Waals surface area contributed by atoms with Gasteiger partial charge in [-0.25, -0.2) is 13.9 Å². The Balaban J connectivity index is 1.77. The number of methoxy groups -OCH3 is 1. The van der Waals surface area contributed by atoms with Crippen LogP contribution in [0.15, 0.2) is 36.7 Å². The minimum absolute atomic E-state index is 0.0711. The second-order valence-electron chi connectivity index (χ2n) is 5.86. The lowest BCUT2D eigenvalue weighted by Gasteiger charge is -2.14. The van der Waals surface area contributed by atoms with Gasteiger partial charge < -0.3 is 14.2 Å². The second kappa shape index (κ2) is 6.68. The van der Waals surface area contributed by atoms with Crippen LogP contribution in [0.4, 0.5) is 4.39 Å². The van der Waals surface area contributed by atoms with E-state index >= 15 is 0 Å².